The molecule has 0 spiro atoms. The van der Waals surface area contributed by atoms with Crippen molar-refractivity contribution in [1.29, 1.82) is 0 Å². The quantitative estimate of drug-likeness (QED) is 0.926. The van der Waals surface area contributed by atoms with Gasteiger partial charge >= 0.3 is 0 Å². The molecule has 16 heavy (non-hydrogen) atoms. The Hall–Kier alpha value is -0.840. The summed E-state index contributed by atoms with van der Waals surface area (Å²) in [7, 11) is 0. The molecule has 1 heterocycles. The normalized spacial score (nSPS) is 11.2. The molecule has 0 amide bonds. The molecule has 1 rings (SSSR count). The summed E-state index contributed by atoms with van der Waals surface area (Å²) in [4.78, 5) is 11.9. The van der Waals surface area contributed by atoms with Gasteiger partial charge in [-0.1, -0.05) is 13.8 Å². The number of hydrogen-bond acceptors (Lipinski definition) is 3. The Morgan fingerprint density at radius 3 is 2.56 bits per heavy atom. The lowest BCUT2D eigenvalue weighted by Crippen LogP contribution is -2.27. The van der Waals surface area contributed by atoms with Crippen LogP contribution in [-0.2, 0) is 6.54 Å². The minimum atomic E-state index is -0.0839. The van der Waals surface area contributed by atoms with E-state index in [0.29, 0.717) is 16.9 Å². The van der Waals surface area contributed by atoms with Crippen molar-refractivity contribution in [3.63, 3.8) is 0 Å². The Balaban J connectivity index is 3.04. The number of rotatable bonds is 4. The maximum absolute atomic E-state index is 11.9. The van der Waals surface area contributed by atoms with E-state index in [1.54, 1.807) is 6.20 Å². The highest BCUT2D eigenvalue weighted by Crippen LogP contribution is 2.17. The summed E-state index contributed by atoms with van der Waals surface area (Å²) in [6, 6.07) is 0.276. The van der Waals surface area contributed by atoms with Gasteiger partial charge in [0, 0.05) is 12.6 Å². The van der Waals surface area contributed by atoms with Gasteiger partial charge < -0.3 is 5.32 Å². The molecule has 0 aromatic carbocycles. The van der Waals surface area contributed by atoms with Gasteiger partial charge in [-0.05, 0) is 35.7 Å². The standard InChI is InChI=1S/C11H18BrN3O/c1-7(2)6-15-11(16)10(12)9(5-13-15)14-8(3)4/h5,7-8,14H,6H2,1-4H3. The van der Waals surface area contributed by atoms with E-state index in [1.807, 2.05) is 13.8 Å². The van der Waals surface area contributed by atoms with Crippen molar-refractivity contribution in [2.24, 2.45) is 5.92 Å². The first kappa shape index (κ1) is 13.2. The van der Waals surface area contributed by atoms with Gasteiger partial charge in [0.1, 0.15) is 4.47 Å². The van der Waals surface area contributed by atoms with Crippen LogP contribution in [0.5, 0.6) is 0 Å². The van der Waals surface area contributed by atoms with Gasteiger partial charge in [0.15, 0.2) is 0 Å². The van der Waals surface area contributed by atoms with Gasteiger partial charge in [-0.15, -0.1) is 0 Å². The highest BCUT2D eigenvalue weighted by Gasteiger charge is 2.10. The van der Waals surface area contributed by atoms with E-state index in [1.165, 1.54) is 4.68 Å². The molecule has 0 unspecified atom stereocenters. The van der Waals surface area contributed by atoms with Crippen molar-refractivity contribution in [1.82, 2.24) is 9.78 Å². The molecule has 0 radical (unpaired) electrons. The number of nitrogens with zero attached hydrogens (tertiary/aromatic N) is 2. The topological polar surface area (TPSA) is 46.9 Å². The van der Waals surface area contributed by atoms with Crippen LogP contribution in [0.25, 0.3) is 0 Å². The Morgan fingerprint density at radius 2 is 2.06 bits per heavy atom. The van der Waals surface area contributed by atoms with Crippen molar-refractivity contribution in [2.75, 3.05) is 5.32 Å². The van der Waals surface area contributed by atoms with Gasteiger partial charge in [0.25, 0.3) is 5.56 Å². The number of aromatic nitrogens is 2. The van der Waals surface area contributed by atoms with Crippen LogP contribution in [0, 0.1) is 5.92 Å². The number of nitrogens with one attached hydrogen (secondary N) is 1. The Morgan fingerprint density at radius 1 is 1.44 bits per heavy atom. The second-order valence-electron chi connectivity index (χ2n) is 4.55. The Labute approximate surface area is 104 Å². The second kappa shape index (κ2) is 5.48. The first-order chi connectivity index (χ1) is 7.41. The average Bonchev–Trinajstić information content (AvgIpc) is 2.16. The summed E-state index contributed by atoms with van der Waals surface area (Å²) in [6.07, 6.45) is 1.69. The fourth-order valence-corrected chi connectivity index (χ4v) is 1.77. The average molecular weight is 288 g/mol. The zero-order valence-electron chi connectivity index (χ0n) is 10.1. The van der Waals surface area contributed by atoms with Crippen LogP contribution >= 0.6 is 15.9 Å². The highest BCUT2D eigenvalue weighted by atomic mass is 79.9. The lowest BCUT2D eigenvalue weighted by atomic mass is 10.2. The van der Waals surface area contributed by atoms with Crippen LogP contribution in [0.15, 0.2) is 15.5 Å². The molecular weight excluding hydrogens is 270 g/mol. The summed E-state index contributed by atoms with van der Waals surface area (Å²) in [5.41, 5.74) is 0.666. The monoisotopic (exact) mass is 287 g/mol. The lowest BCUT2D eigenvalue weighted by molar-refractivity contribution is 0.462. The van der Waals surface area contributed by atoms with Crippen LogP contribution in [-0.4, -0.2) is 15.8 Å². The molecule has 0 atom stereocenters. The minimum absolute atomic E-state index is 0.0839. The van der Waals surface area contributed by atoms with E-state index in [2.05, 4.69) is 40.2 Å². The fourth-order valence-electron chi connectivity index (χ4n) is 1.35. The smallest absolute Gasteiger partial charge is 0.283 e. The van der Waals surface area contributed by atoms with Crippen LogP contribution < -0.4 is 10.9 Å². The molecule has 90 valence electrons. The SMILES string of the molecule is CC(C)Cn1ncc(NC(C)C)c(Br)c1=O. The van der Waals surface area contributed by atoms with E-state index in [4.69, 9.17) is 0 Å². The summed E-state index contributed by atoms with van der Waals surface area (Å²) < 4.78 is 2.04. The molecule has 0 aliphatic rings. The van der Waals surface area contributed by atoms with E-state index in [-0.39, 0.29) is 11.6 Å². The van der Waals surface area contributed by atoms with E-state index in [9.17, 15) is 4.79 Å². The van der Waals surface area contributed by atoms with Gasteiger partial charge in [0.2, 0.25) is 0 Å². The fraction of sp³-hybridized carbons (Fsp3) is 0.636. The maximum Gasteiger partial charge on any atom is 0.283 e. The highest BCUT2D eigenvalue weighted by molar-refractivity contribution is 9.10. The molecule has 0 fully saturated rings. The molecule has 0 saturated heterocycles. The maximum atomic E-state index is 11.9. The van der Waals surface area contributed by atoms with Crippen molar-refractivity contribution in [3.05, 3.63) is 21.0 Å². The van der Waals surface area contributed by atoms with Gasteiger partial charge in [-0.3, -0.25) is 4.79 Å². The van der Waals surface area contributed by atoms with Crippen molar-refractivity contribution < 1.29 is 0 Å². The van der Waals surface area contributed by atoms with Crippen molar-refractivity contribution in [2.45, 2.75) is 40.3 Å². The Bertz CT molecular complexity index is 412. The van der Waals surface area contributed by atoms with Crippen LogP contribution in [0.4, 0.5) is 5.69 Å². The first-order valence-electron chi connectivity index (χ1n) is 5.44. The molecule has 5 heteroatoms. The first-order valence-corrected chi connectivity index (χ1v) is 6.23. The molecular formula is C11H18BrN3O. The Kier molecular flexibility index (Phi) is 4.53. The molecule has 0 bridgehead atoms. The largest absolute Gasteiger partial charge is 0.380 e. The van der Waals surface area contributed by atoms with Crippen LogP contribution in [0.3, 0.4) is 0 Å². The van der Waals surface area contributed by atoms with Crippen molar-refractivity contribution in [3.8, 4) is 0 Å². The van der Waals surface area contributed by atoms with E-state index >= 15 is 0 Å². The predicted octanol–water partition coefficient (Wildman–Crippen LogP) is 2.48. The minimum Gasteiger partial charge on any atom is -0.380 e. The molecule has 0 aliphatic carbocycles. The number of anilines is 1. The lowest BCUT2D eigenvalue weighted by Gasteiger charge is -2.13. The summed E-state index contributed by atoms with van der Waals surface area (Å²) in [6.45, 7) is 8.79. The predicted molar refractivity (Wildman–Crippen MR) is 69.8 cm³/mol. The van der Waals surface area contributed by atoms with Crippen LogP contribution in [0.1, 0.15) is 27.7 Å². The molecule has 4 nitrogen and oxygen atoms in total. The molecule has 1 aromatic heterocycles. The third-order valence-electron chi connectivity index (χ3n) is 1.97. The molecule has 1 aromatic rings. The van der Waals surface area contributed by atoms with Gasteiger partial charge in [-0.2, -0.15) is 5.10 Å². The van der Waals surface area contributed by atoms with E-state index < -0.39 is 0 Å². The van der Waals surface area contributed by atoms with Crippen LogP contribution in [0.2, 0.25) is 0 Å². The van der Waals surface area contributed by atoms with Crippen molar-refractivity contribution >= 4 is 21.6 Å². The summed E-state index contributed by atoms with van der Waals surface area (Å²) >= 11 is 3.31. The molecule has 0 aliphatic heterocycles. The third kappa shape index (κ3) is 3.33. The summed E-state index contributed by atoms with van der Waals surface area (Å²) in [5, 5.41) is 7.32. The number of hydrogen-bond donors (Lipinski definition) is 1. The van der Waals surface area contributed by atoms with Gasteiger partial charge in [0.05, 0.1) is 11.9 Å². The molecule has 0 saturated carbocycles. The zero-order chi connectivity index (χ0) is 12.3. The zero-order valence-corrected chi connectivity index (χ0v) is 11.7. The second-order valence-corrected chi connectivity index (χ2v) is 5.35. The third-order valence-corrected chi connectivity index (χ3v) is 2.73. The number of halogens is 1. The molecule has 1 N–H and O–H groups in total. The van der Waals surface area contributed by atoms with Gasteiger partial charge in [-0.25, -0.2) is 4.68 Å². The van der Waals surface area contributed by atoms with E-state index in [0.717, 1.165) is 5.69 Å². The summed E-state index contributed by atoms with van der Waals surface area (Å²) in [5.74, 6) is 0.404.